The summed E-state index contributed by atoms with van der Waals surface area (Å²) in [5.41, 5.74) is 8.74. The van der Waals surface area contributed by atoms with E-state index >= 15 is 0 Å². The van der Waals surface area contributed by atoms with E-state index in [-0.39, 0.29) is 0 Å². The van der Waals surface area contributed by atoms with Gasteiger partial charge in [0.1, 0.15) is 5.75 Å². The van der Waals surface area contributed by atoms with Crippen molar-refractivity contribution in [3.63, 3.8) is 0 Å². The van der Waals surface area contributed by atoms with Crippen LogP contribution in [0.25, 0.3) is 0 Å². The fourth-order valence-corrected chi connectivity index (χ4v) is 2.15. The Bertz CT molecular complexity index is 336. The van der Waals surface area contributed by atoms with Crippen LogP contribution in [0.5, 0.6) is 5.75 Å². The lowest BCUT2D eigenvalue weighted by atomic mass is 9.99. The zero-order chi connectivity index (χ0) is 12.7. The summed E-state index contributed by atoms with van der Waals surface area (Å²) in [5, 5.41) is 0. The van der Waals surface area contributed by atoms with Crippen LogP contribution in [0.2, 0.25) is 0 Å². The molecule has 0 spiro atoms. The molecule has 2 nitrogen and oxygen atoms in total. The number of benzene rings is 1. The van der Waals surface area contributed by atoms with Gasteiger partial charge in [0, 0.05) is 6.04 Å². The van der Waals surface area contributed by atoms with Gasteiger partial charge in [-0.15, -0.1) is 0 Å². The molecule has 0 bridgehead atoms. The molecule has 0 aliphatic heterocycles. The molecular weight excluding hydrogens is 210 g/mol. The monoisotopic (exact) mass is 235 g/mol. The molecule has 0 saturated carbocycles. The van der Waals surface area contributed by atoms with E-state index in [2.05, 4.69) is 26.0 Å². The molecule has 1 aromatic carbocycles. The summed E-state index contributed by atoms with van der Waals surface area (Å²) in [4.78, 5) is 0. The predicted molar refractivity (Wildman–Crippen MR) is 73.6 cm³/mol. The first-order valence-electron chi connectivity index (χ1n) is 6.56. The van der Waals surface area contributed by atoms with Crippen molar-refractivity contribution >= 4 is 0 Å². The molecular formula is C15H25NO. The van der Waals surface area contributed by atoms with Crippen molar-refractivity contribution in [2.75, 3.05) is 7.11 Å². The van der Waals surface area contributed by atoms with Crippen LogP contribution in [0.1, 0.15) is 43.7 Å². The van der Waals surface area contributed by atoms with E-state index in [1.54, 1.807) is 7.11 Å². The molecule has 0 aliphatic rings. The van der Waals surface area contributed by atoms with Crippen molar-refractivity contribution in [3.8, 4) is 5.75 Å². The third-order valence-electron chi connectivity index (χ3n) is 3.23. The van der Waals surface area contributed by atoms with Gasteiger partial charge in [-0.2, -0.15) is 0 Å². The van der Waals surface area contributed by atoms with Gasteiger partial charge in [0.15, 0.2) is 0 Å². The lowest BCUT2D eigenvalue weighted by molar-refractivity contribution is 0.414. The van der Waals surface area contributed by atoms with Crippen molar-refractivity contribution in [3.05, 3.63) is 29.3 Å². The Morgan fingerprint density at radius 2 is 2.06 bits per heavy atom. The minimum absolute atomic E-state index is 0.374. The van der Waals surface area contributed by atoms with Crippen LogP contribution >= 0.6 is 0 Å². The Morgan fingerprint density at radius 3 is 2.65 bits per heavy atom. The van der Waals surface area contributed by atoms with E-state index in [1.165, 1.54) is 24.0 Å². The smallest absolute Gasteiger partial charge is 0.119 e. The average molecular weight is 235 g/mol. The summed E-state index contributed by atoms with van der Waals surface area (Å²) >= 11 is 0. The molecule has 1 unspecified atom stereocenters. The zero-order valence-electron chi connectivity index (χ0n) is 11.3. The van der Waals surface area contributed by atoms with E-state index in [1.807, 2.05) is 6.07 Å². The first kappa shape index (κ1) is 14.0. The molecule has 2 heteroatoms. The molecule has 0 amide bonds. The van der Waals surface area contributed by atoms with Gasteiger partial charge in [0.2, 0.25) is 0 Å². The van der Waals surface area contributed by atoms with Gasteiger partial charge < -0.3 is 10.5 Å². The van der Waals surface area contributed by atoms with Crippen molar-refractivity contribution in [1.82, 2.24) is 0 Å². The number of hydrogen-bond acceptors (Lipinski definition) is 2. The van der Waals surface area contributed by atoms with Crippen LogP contribution in [0.15, 0.2) is 18.2 Å². The maximum absolute atomic E-state index is 6.01. The first-order chi connectivity index (χ1) is 8.17. The van der Waals surface area contributed by atoms with Gasteiger partial charge in [-0.3, -0.25) is 0 Å². The van der Waals surface area contributed by atoms with E-state index in [0.717, 1.165) is 25.0 Å². The Balaban J connectivity index is 2.41. The maximum Gasteiger partial charge on any atom is 0.119 e. The molecule has 0 aromatic heterocycles. The molecule has 0 aliphatic carbocycles. The quantitative estimate of drug-likeness (QED) is 0.785. The highest BCUT2D eigenvalue weighted by molar-refractivity contribution is 5.34. The van der Waals surface area contributed by atoms with Gasteiger partial charge in [-0.25, -0.2) is 0 Å². The normalized spacial score (nSPS) is 12.5. The third-order valence-corrected chi connectivity index (χ3v) is 3.23. The molecule has 2 N–H and O–H groups in total. The average Bonchev–Trinajstić information content (AvgIpc) is 2.31. The SMILES string of the molecule is CCCC(N)CCCc1ccc(OC)cc1C. The summed E-state index contributed by atoms with van der Waals surface area (Å²) < 4.78 is 5.20. The summed E-state index contributed by atoms with van der Waals surface area (Å²) in [6.45, 7) is 4.33. The summed E-state index contributed by atoms with van der Waals surface area (Å²) in [7, 11) is 1.71. The molecule has 1 aromatic rings. The second-order valence-corrected chi connectivity index (χ2v) is 4.73. The number of rotatable bonds is 7. The molecule has 1 atom stereocenters. The second-order valence-electron chi connectivity index (χ2n) is 4.73. The lowest BCUT2D eigenvalue weighted by Gasteiger charge is -2.11. The van der Waals surface area contributed by atoms with Crippen molar-refractivity contribution in [2.24, 2.45) is 5.73 Å². The highest BCUT2D eigenvalue weighted by Gasteiger charge is 2.03. The second kappa shape index (κ2) is 7.33. The molecule has 0 heterocycles. The molecule has 0 fully saturated rings. The zero-order valence-corrected chi connectivity index (χ0v) is 11.3. The maximum atomic E-state index is 6.01. The highest BCUT2D eigenvalue weighted by Crippen LogP contribution is 2.18. The Morgan fingerprint density at radius 1 is 1.29 bits per heavy atom. The molecule has 0 saturated heterocycles. The summed E-state index contributed by atoms with van der Waals surface area (Å²) in [6, 6.07) is 6.67. The van der Waals surface area contributed by atoms with Crippen molar-refractivity contribution in [2.45, 2.75) is 52.0 Å². The molecule has 0 radical (unpaired) electrons. The van der Waals surface area contributed by atoms with Crippen molar-refractivity contribution in [1.29, 1.82) is 0 Å². The lowest BCUT2D eigenvalue weighted by Crippen LogP contribution is -2.19. The van der Waals surface area contributed by atoms with E-state index in [0.29, 0.717) is 6.04 Å². The molecule has 1 rings (SSSR count). The van der Waals surface area contributed by atoms with Crippen LogP contribution in [-0.2, 0) is 6.42 Å². The van der Waals surface area contributed by atoms with Gasteiger partial charge in [0.25, 0.3) is 0 Å². The van der Waals surface area contributed by atoms with Crippen LogP contribution in [-0.4, -0.2) is 13.2 Å². The minimum atomic E-state index is 0.374. The molecule has 96 valence electrons. The Hall–Kier alpha value is -1.02. The number of ether oxygens (including phenoxy) is 1. The van der Waals surface area contributed by atoms with Gasteiger partial charge in [0.05, 0.1) is 7.11 Å². The fraction of sp³-hybridized carbons (Fsp3) is 0.600. The Kier molecular flexibility index (Phi) is 6.06. The van der Waals surface area contributed by atoms with Crippen LogP contribution in [0, 0.1) is 6.92 Å². The van der Waals surface area contributed by atoms with Crippen LogP contribution < -0.4 is 10.5 Å². The standard InChI is InChI=1S/C15H25NO/c1-4-6-14(16)8-5-7-13-9-10-15(17-3)11-12(13)2/h9-11,14H,4-8,16H2,1-3H3. The molecule has 17 heavy (non-hydrogen) atoms. The number of aryl methyl sites for hydroxylation is 2. The van der Waals surface area contributed by atoms with E-state index in [9.17, 15) is 0 Å². The first-order valence-corrected chi connectivity index (χ1v) is 6.56. The van der Waals surface area contributed by atoms with Crippen LogP contribution in [0.4, 0.5) is 0 Å². The number of methoxy groups -OCH3 is 1. The number of hydrogen-bond donors (Lipinski definition) is 1. The summed E-state index contributed by atoms with van der Waals surface area (Å²) in [6.07, 6.45) is 5.74. The van der Waals surface area contributed by atoms with Gasteiger partial charge in [-0.05, 0) is 55.9 Å². The third kappa shape index (κ3) is 4.78. The van der Waals surface area contributed by atoms with E-state index < -0.39 is 0 Å². The minimum Gasteiger partial charge on any atom is -0.497 e. The predicted octanol–water partition coefficient (Wildman–Crippen LogP) is 3.45. The van der Waals surface area contributed by atoms with Gasteiger partial charge >= 0.3 is 0 Å². The largest absolute Gasteiger partial charge is 0.497 e. The topological polar surface area (TPSA) is 35.2 Å². The fourth-order valence-electron chi connectivity index (χ4n) is 2.15. The summed E-state index contributed by atoms with van der Waals surface area (Å²) in [5.74, 6) is 0.939. The number of nitrogens with two attached hydrogens (primary N) is 1. The highest BCUT2D eigenvalue weighted by atomic mass is 16.5. The Labute approximate surface area is 105 Å². The van der Waals surface area contributed by atoms with Crippen LogP contribution in [0.3, 0.4) is 0 Å². The van der Waals surface area contributed by atoms with Gasteiger partial charge in [-0.1, -0.05) is 19.4 Å². The van der Waals surface area contributed by atoms with Crippen molar-refractivity contribution < 1.29 is 4.74 Å². The van der Waals surface area contributed by atoms with E-state index in [4.69, 9.17) is 10.5 Å².